The fraction of sp³-hybridized carbons (Fsp3) is 0.474. The molecule has 5 N–H and O–H groups in total. The quantitative estimate of drug-likeness (QED) is 0.502. The summed E-state index contributed by atoms with van der Waals surface area (Å²) in [5.74, 6) is -1.50. The van der Waals surface area contributed by atoms with Crippen molar-refractivity contribution in [1.29, 1.82) is 0 Å². The van der Waals surface area contributed by atoms with Crippen molar-refractivity contribution in [3.8, 4) is 0 Å². The number of carbonyl (C=O) groups excluding carboxylic acids is 1. The van der Waals surface area contributed by atoms with Crippen molar-refractivity contribution < 1.29 is 22.5 Å². The van der Waals surface area contributed by atoms with Crippen molar-refractivity contribution in [2.45, 2.75) is 49.3 Å². The molecule has 180 valence electrons. The summed E-state index contributed by atoms with van der Waals surface area (Å²) in [5.41, 5.74) is 4.36. The van der Waals surface area contributed by atoms with E-state index in [2.05, 4.69) is 25.1 Å². The number of carbonyl (C=O) groups is 1. The molecule has 0 spiro atoms. The van der Waals surface area contributed by atoms with Crippen molar-refractivity contribution in [3.63, 3.8) is 0 Å². The highest BCUT2D eigenvalue weighted by atomic mass is 35.5. The Kier molecular flexibility index (Phi) is 5.67. The molecule has 4 rings (SSSR count). The van der Waals surface area contributed by atoms with E-state index in [1.165, 1.54) is 6.07 Å². The molecule has 2 aromatic rings. The summed E-state index contributed by atoms with van der Waals surface area (Å²) in [5, 5.41) is 5.10. The third-order valence-electron chi connectivity index (χ3n) is 6.18. The zero-order chi connectivity index (χ0) is 24.3. The van der Waals surface area contributed by atoms with E-state index in [0.717, 1.165) is 12.3 Å². The average molecular weight is 506 g/mol. The first-order valence-corrected chi connectivity index (χ1v) is 12.0. The number of nitrogens with zero attached hydrogens (tertiary/aromatic N) is 4. The van der Waals surface area contributed by atoms with E-state index >= 15 is 4.39 Å². The Bertz CT molecular complexity index is 1160. The van der Waals surface area contributed by atoms with Crippen LogP contribution in [0.5, 0.6) is 0 Å². The van der Waals surface area contributed by atoms with Gasteiger partial charge in [-0.1, -0.05) is 22.1 Å². The number of alkyl halides is 2. The molecule has 14 heteroatoms. The molecule has 1 saturated heterocycles. The number of nitrogens with two attached hydrogens (primary N) is 1. The highest BCUT2D eigenvalue weighted by Gasteiger charge is 2.61. The van der Waals surface area contributed by atoms with Crippen molar-refractivity contribution in [2.24, 2.45) is 10.7 Å². The molecule has 33 heavy (non-hydrogen) atoms. The number of rotatable bonds is 4. The number of anilines is 1. The molecule has 1 unspecified atom stereocenters. The first-order valence-electron chi connectivity index (χ1n) is 9.97. The second-order valence-corrected chi connectivity index (χ2v) is 12.1. The van der Waals surface area contributed by atoms with Crippen LogP contribution < -0.4 is 15.8 Å². The topological polar surface area (TPSA) is 130 Å². The molecule has 0 aromatic carbocycles. The molecule has 4 heterocycles. The Labute approximate surface area is 194 Å². The monoisotopic (exact) mass is 505 g/mol. The van der Waals surface area contributed by atoms with Gasteiger partial charge in [0.2, 0.25) is 0 Å². The minimum Gasteiger partial charge on any atom is -0.386 e. The van der Waals surface area contributed by atoms with Crippen LogP contribution >= 0.6 is 22.1 Å². The predicted octanol–water partition coefficient (Wildman–Crippen LogP) is 3.64. The van der Waals surface area contributed by atoms with Gasteiger partial charge in [0, 0.05) is 6.54 Å². The first-order chi connectivity index (χ1) is 15.3. The second kappa shape index (κ2) is 7.86. The molecule has 2 aromatic heterocycles. The molecule has 0 saturated carbocycles. The van der Waals surface area contributed by atoms with Gasteiger partial charge in [-0.2, -0.15) is 13.9 Å². The molecule has 2 aliphatic rings. The van der Waals surface area contributed by atoms with Crippen LogP contribution in [0.15, 0.2) is 23.3 Å². The predicted molar refractivity (Wildman–Crippen MR) is 120 cm³/mol. The smallest absolute Gasteiger partial charge is 0.333 e. The van der Waals surface area contributed by atoms with E-state index in [9.17, 15) is 18.1 Å². The molecule has 1 amide bonds. The third kappa shape index (κ3) is 3.57. The summed E-state index contributed by atoms with van der Waals surface area (Å²) in [4.78, 5) is 21.4. The summed E-state index contributed by atoms with van der Waals surface area (Å²) < 4.78 is 54.8. The van der Waals surface area contributed by atoms with Crippen LogP contribution in [0.1, 0.15) is 49.9 Å². The number of fused-ring (bicyclic) bond motifs is 1. The molecule has 0 bridgehead atoms. The summed E-state index contributed by atoms with van der Waals surface area (Å²) in [6, 6.07) is 2.31. The van der Waals surface area contributed by atoms with Gasteiger partial charge in [0.05, 0.1) is 21.2 Å². The number of nitrogens with one attached hydrogen (secondary N) is 2. The number of hydrogen-bond donors (Lipinski definition) is 4. The molecule has 3 atom stereocenters. The van der Waals surface area contributed by atoms with Crippen molar-refractivity contribution >= 4 is 39.7 Å². The van der Waals surface area contributed by atoms with Crippen LogP contribution in [0.4, 0.5) is 19.0 Å². The van der Waals surface area contributed by atoms with Crippen LogP contribution in [-0.2, 0) is 5.54 Å². The lowest BCUT2D eigenvalue weighted by molar-refractivity contribution is 0.0561. The average Bonchev–Trinajstić information content (AvgIpc) is 3.33. The Morgan fingerprint density at radius 3 is 2.76 bits per heavy atom. The number of amidine groups is 1. The Hall–Kier alpha value is -2.35. The molecular weight excluding hydrogens is 483 g/mol. The number of aliphatic imine (C=N–C) groups is 1. The van der Waals surface area contributed by atoms with Crippen molar-refractivity contribution in [2.75, 3.05) is 11.9 Å². The highest BCUT2D eigenvalue weighted by Crippen LogP contribution is 2.67. The largest absolute Gasteiger partial charge is 0.386 e. The molecule has 9 nitrogen and oxygen atoms in total. The number of amides is 1. The van der Waals surface area contributed by atoms with Gasteiger partial charge in [0.25, 0.3) is 5.91 Å². The van der Waals surface area contributed by atoms with E-state index in [-0.39, 0.29) is 27.1 Å². The fourth-order valence-electron chi connectivity index (χ4n) is 4.25. The second-order valence-electron chi connectivity index (χ2n) is 8.52. The van der Waals surface area contributed by atoms with Gasteiger partial charge in [-0.3, -0.25) is 14.5 Å². The van der Waals surface area contributed by atoms with Gasteiger partial charge >= 0.3 is 6.55 Å². The Balaban J connectivity index is 1.72. The Morgan fingerprint density at radius 2 is 2.12 bits per heavy atom. The summed E-state index contributed by atoms with van der Waals surface area (Å²) in [6.07, 6.45) is 1.34. The van der Waals surface area contributed by atoms with Gasteiger partial charge in [-0.05, 0) is 39.3 Å². The van der Waals surface area contributed by atoms with E-state index in [1.54, 1.807) is 20.8 Å². The number of pyridine rings is 1. The van der Waals surface area contributed by atoms with E-state index in [1.807, 2.05) is 0 Å². The number of hydrogen-bond acceptors (Lipinski definition) is 7. The maximum atomic E-state index is 15.0. The van der Waals surface area contributed by atoms with Gasteiger partial charge in [-0.15, -0.1) is 0 Å². The zero-order valence-electron chi connectivity index (χ0n) is 17.9. The summed E-state index contributed by atoms with van der Waals surface area (Å²) in [6.45, 7) is 2.74. The van der Waals surface area contributed by atoms with Crippen LogP contribution in [0.25, 0.3) is 0 Å². The minimum absolute atomic E-state index is 0.0663. The van der Waals surface area contributed by atoms with Gasteiger partial charge < -0.3 is 15.6 Å². The fourth-order valence-corrected chi connectivity index (χ4v) is 7.83. The lowest BCUT2D eigenvalue weighted by Crippen LogP contribution is -2.57. The molecule has 0 aliphatic carbocycles. The van der Waals surface area contributed by atoms with Crippen LogP contribution in [0, 0.1) is 5.82 Å². The lowest BCUT2D eigenvalue weighted by Gasteiger charge is -2.55. The van der Waals surface area contributed by atoms with Gasteiger partial charge in [-0.25, -0.2) is 14.1 Å². The number of halogens is 4. The van der Waals surface area contributed by atoms with Crippen molar-refractivity contribution in [1.82, 2.24) is 19.5 Å². The van der Waals surface area contributed by atoms with Crippen LogP contribution in [-0.4, -0.2) is 47.6 Å². The van der Waals surface area contributed by atoms with Crippen LogP contribution in [0.3, 0.4) is 0 Å². The Morgan fingerprint density at radius 1 is 1.42 bits per heavy atom. The zero-order valence-corrected chi connectivity index (χ0v) is 19.5. The van der Waals surface area contributed by atoms with Gasteiger partial charge in [0.15, 0.2) is 5.69 Å². The highest BCUT2D eigenvalue weighted by molar-refractivity contribution is 8.29. The third-order valence-corrected chi connectivity index (χ3v) is 10.4. The lowest BCUT2D eigenvalue weighted by atomic mass is 9.90. The number of aromatic nitrogens is 3. The maximum Gasteiger partial charge on any atom is 0.333 e. The van der Waals surface area contributed by atoms with E-state index < -0.39 is 50.0 Å². The molecule has 2 aliphatic heterocycles. The standard InChI is InChI=1S/C19H23ClF3N7O2S/c1-18(2)16(24)28-19(3,11-6-7-25-33(11,18)32)14-10(21)4-5-12(26-14)27-15(31)13-9(20)8-30(29-13)17(22)23/h4-5,8,11,17,25,32H,6-7H2,1-3H3,(H2,24,28)(H,26,27,31)/t11-,19-/m0/s1. The van der Waals surface area contributed by atoms with E-state index in [4.69, 9.17) is 17.3 Å². The SMILES string of the molecule is CC1(C)C(N)=N[C@](C)(c2nc(NC(=O)c3nn(C(F)F)cc3Cl)ccc2F)[C@@H]2CCNS21O. The first kappa shape index (κ1) is 23.8. The molecule has 1 fully saturated rings. The summed E-state index contributed by atoms with van der Waals surface area (Å²) in [7, 11) is -2.54. The molecular formula is C19H23ClF3N7O2S. The minimum atomic E-state index is -2.97. The maximum absolute atomic E-state index is 15.0. The molecule has 0 radical (unpaired) electrons. The normalized spacial score (nSPS) is 30.5. The van der Waals surface area contributed by atoms with Gasteiger partial charge in [0.1, 0.15) is 28.7 Å². The van der Waals surface area contributed by atoms with E-state index in [0.29, 0.717) is 13.0 Å². The summed E-state index contributed by atoms with van der Waals surface area (Å²) >= 11 is 5.85. The van der Waals surface area contributed by atoms with Crippen LogP contribution in [0.2, 0.25) is 5.02 Å². The van der Waals surface area contributed by atoms with Crippen molar-refractivity contribution in [3.05, 3.63) is 40.6 Å².